The van der Waals surface area contributed by atoms with Gasteiger partial charge in [0.25, 0.3) is 5.69 Å². The van der Waals surface area contributed by atoms with E-state index >= 15 is 0 Å². The van der Waals surface area contributed by atoms with Crippen LogP contribution in [0.5, 0.6) is 5.75 Å². The van der Waals surface area contributed by atoms with Crippen molar-refractivity contribution < 1.29 is 14.4 Å². The topological polar surface area (TPSA) is 61.6 Å². The van der Waals surface area contributed by atoms with Crippen LogP contribution in [0.15, 0.2) is 24.3 Å². The molecule has 5 nitrogen and oxygen atoms in total. The standard InChI is InChI=1S/C15H19NO4/c17-16(18)13-6-3-7-14(9-13)20-15-8-11-4-1-2-5-12(11)10-19-15/h3,6-7,9,11-12,15H,1-2,4-5,8,10H2. The Balaban J connectivity index is 1.63. The van der Waals surface area contributed by atoms with Gasteiger partial charge in [-0.05, 0) is 30.7 Å². The van der Waals surface area contributed by atoms with Crippen LogP contribution in [-0.4, -0.2) is 17.8 Å². The molecule has 0 bridgehead atoms. The van der Waals surface area contributed by atoms with E-state index in [2.05, 4.69) is 0 Å². The third-order valence-electron chi connectivity index (χ3n) is 4.35. The van der Waals surface area contributed by atoms with E-state index in [1.54, 1.807) is 12.1 Å². The van der Waals surface area contributed by atoms with Gasteiger partial charge in [-0.3, -0.25) is 10.1 Å². The highest BCUT2D eigenvalue weighted by molar-refractivity contribution is 5.38. The lowest BCUT2D eigenvalue weighted by molar-refractivity contribution is -0.385. The van der Waals surface area contributed by atoms with Gasteiger partial charge in [-0.25, -0.2) is 0 Å². The first kappa shape index (κ1) is 13.4. The summed E-state index contributed by atoms with van der Waals surface area (Å²) in [7, 11) is 0. The van der Waals surface area contributed by atoms with Crippen molar-refractivity contribution in [3.05, 3.63) is 34.4 Å². The monoisotopic (exact) mass is 277 g/mol. The molecule has 1 heterocycles. The zero-order valence-electron chi connectivity index (χ0n) is 11.4. The molecule has 2 fully saturated rings. The second-order valence-electron chi connectivity index (χ2n) is 5.68. The summed E-state index contributed by atoms with van der Waals surface area (Å²) in [4.78, 5) is 10.3. The molecule has 1 saturated heterocycles. The van der Waals surface area contributed by atoms with Crippen molar-refractivity contribution in [2.24, 2.45) is 11.8 Å². The van der Waals surface area contributed by atoms with Crippen molar-refractivity contribution in [1.82, 2.24) is 0 Å². The molecule has 0 amide bonds. The van der Waals surface area contributed by atoms with E-state index in [4.69, 9.17) is 9.47 Å². The SMILES string of the molecule is O=[N+]([O-])c1cccc(OC2CC3CCCCC3CO2)c1. The maximum Gasteiger partial charge on any atom is 0.273 e. The van der Waals surface area contributed by atoms with Crippen molar-refractivity contribution in [3.63, 3.8) is 0 Å². The van der Waals surface area contributed by atoms with Crippen molar-refractivity contribution in [1.29, 1.82) is 0 Å². The van der Waals surface area contributed by atoms with Crippen LogP contribution in [0.25, 0.3) is 0 Å². The van der Waals surface area contributed by atoms with E-state index in [0.29, 0.717) is 17.6 Å². The Labute approximate surface area is 118 Å². The van der Waals surface area contributed by atoms with Gasteiger partial charge in [0.2, 0.25) is 0 Å². The Morgan fingerprint density at radius 3 is 2.85 bits per heavy atom. The van der Waals surface area contributed by atoms with Gasteiger partial charge >= 0.3 is 0 Å². The van der Waals surface area contributed by atoms with Gasteiger partial charge < -0.3 is 9.47 Å². The zero-order valence-corrected chi connectivity index (χ0v) is 11.4. The molecule has 0 aromatic heterocycles. The fourth-order valence-corrected chi connectivity index (χ4v) is 3.26. The summed E-state index contributed by atoms with van der Waals surface area (Å²) in [6.07, 6.45) is 5.74. The largest absolute Gasteiger partial charge is 0.465 e. The van der Waals surface area contributed by atoms with Crippen molar-refractivity contribution in [3.8, 4) is 5.75 Å². The van der Waals surface area contributed by atoms with Crippen LogP contribution in [0.4, 0.5) is 5.69 Å². The van der Waals surface area contributed by atoms with Gasteiger partial charge in [0.15, 0.2) is 6.29 Å². The molecule has 20 heavy (non-hydrogen) atoms. The molecule has 1 aromatic rings. The Kier molecular flexibility index (Phi) is 3.87. The summed E-state index contributed by atoms with van der Waals surface area (Å²) in [5.41, 5.74) is 0.0499. The Bertz CT molecular complexity index is 491. The summed E-state index contributed by atoms with van der Waals surface area (Å²) >= 11 is 0. The molecule has 3 atom stereocenters. The number of fused-ring (bicyclic) bond motifs is 1. The first-order valence-electron chi connectivity index (χ1n) is 7.25. The fourth-order valence-electron chi connectivity index (χ4n) is 3.26. The molecule has 1 aliphatic carbocycles. The van der Waals surface area contributed by atoms with E-state index in [9.17, 15) is 10.1 Å². The predicted molar refractivity (Wildman–Crippen MR) is 73.5 cm³/mol. The smallest absolute Gasteiger partial charge is 0.273 e. The predicted octanol–water partition coefficient (Wildman–Crippen LogP) is 3.53. The molecule has 5 heteroatoms. The Hall–Kier alpha value is -1.62. The second kappa shape index (κ2) is 5.79. The Morgan fingerprint density at radius 1 is 1.25 bits per heavy atom. The number of rotatable bonds is 3. The van der Waals surface area contributed by atoms with E-state index in [1.165, 1.54) is 37.8 Å². The summed E-state index contributed by atoms with van der Waals surface area (Å²) in [6, 6.07) is 6.30. The number of nitro groups is 1. The van der Waals surface area contributed by atoms with Crippen molar-refractivity contribution in [2.75, 3.05) is 6.61 Å². The van der Waals surface area contributed by atoms with Crippen LogP contribution < -0.4 is 4.74 Å². The lowest BCUT2D eigenvalue weighted by Crippen LogP contribution is -2.38. The minimum atomic E-state index is -0.411. The number of nitrogens with zero attached hydrogens (tertiary/aromatic N) is 1. The van der Waals surface area contributed by atoms with Crippen LogP contribution in [0.1, 0.15) is 32.1 Å². The summed E-state index contributed by atoms with van der Waals surface area (Å²) in [6.45, 7) is 0.754. The minimum absolute atomic E-state index is 0.0499. The molecule has 1 saturated carbocycles. The third kappa shape index (κ3) is 2.93. The molecule has 1 aliphatic heterocycles. The average molecular weight is 277 g/mol. The van der Waals surface area contributed by atoms with Gasteiger partial charge in [-0.15, -0.1) is 0 Å². The third-order valence-corrected chi connectivity index (χ3v) is 4.35. The van der Waals surface area contributed by atoms with Gasteiger partial charge in [-0.2, -0.15) is 0 Å². The number of nitro benzene ring substituents is 1. The van der Waals surface area contributed by atoms with Crippen LogP contribution >= 0.6 is 0 Å². The summed E-state index contributed by atoms with van der Waals surface area (Å²) in [5, 5.41) is 10.8. The summed E-state index contributed by atoms with van der Waals surface area (Å²) in [5.74, 6) is 1.87. The normalized spacial score (nSPS) is 29.5. The van der Waals surface area contributed by atoms with Gasteiger partial charge in [-0.1, -0.05) is 18.9 Å². The van der Waals surface area contributed by atoms with Gasteiger partial charge in [0, 0.05) is 12.5 Å². The number of benzene rings is 1. The first-order valence-corrected chi connectivity index (χ1v) is 7.25. The van der Waals surface area contributed by atoms with Gasteiger partial charge in [0.1, 0.15) is 5.75 Å². The highest BCUT2D eigenvalue weighted by Gasteiger charge is 2.33. The number of hydrogen-bond donors (Lipinski definition) is 0. The number of hydrogen-bond acceptors (Lipinski definition) is 4. The molecule has 3 unspecified atom stereocenters. The van der Waals surface area contributed by atoms with Crippen molar-refractivity contribution >= 4 is 5.69 Å². The molecule has 0 radical (unpaired) electrons. The maximum absolute atomic E-state index is 10.8. The van der Waals surface area contributed by atoms with E-state index < -0.39 is 4.92 Å². The fraction of sp³-hybridized carbons (Fsp3) is 0.600. The second-order valence-corrected chi connectivity index (χ2v) is 5.68. The molecular formula is C15H19NO4. The van der Waals surface area contributed by atoms with Crippen LogP contribution in [0.3, 0.4) is 0 Å². The van der Waals surface area contributed by atoms with E-state index in [0.717, 1.165) is 13.0 Å². The molecule has 2 aliphatic rings. The molecule has 0 N–H and O–H groups in total. The van der Waals surface area contributed by atoms with E-state index in [1.807, 2.05) is 0 Å². The first-order chi connectivity index (χ1) is 9.72. The molecular weight excluding hydrogens is 258 g/mol. The Morgan fingerprint density at radius 2 is 2.05 bits per heavy atom. The zero-order chi connectivity index (χ0) is 13.9. The minimum Gasteiger partial charge on any atom is -0.465 e. The lowest BCUT2D eigenvalue weighted by atomic mass is 9.76. The van der Waals surface area contributed by atoms with Crippen LogP contribution in [-0.2, 0) is 4.74 Å². The van der Waals surface area contributed by atoms with E-state index in [-0.39, 0.29) is 12.0 Å². The highest BCUT2D eigenvalue weighted by atomic mass is 16.7. The van der Waals surface area contributed by atoms with Crippen LogP contribution in [0.2, 0.25) is 0 Å². The molecule has 108 valence electrons. The average Bonchev–Trinajstić information content (AvgIpc) is 2.47. The van der Waals surface area contributed by atoms with Crippen LogP contribution in [0, 0.1) is 22.0 Å². The summed E-state index contributed by atoms with van der Waals surface area (Å²) < 4.78 is 11.5. The number of ether oxygens (including phenoxy) is 2. The van der Waals surface area contributed by atoms with Gasteiger partial charge in [0.05, 0.1) is 17.6 Å². The molecule has 1 aromatic carbocycles. The highest BCUT2D eigenvalue weighted by Crippen LogP contribution is 2.38. The number of non-ortho nitro benzene ring substituents is 1. The lowest BCUT2D eigenvalue weighted by Gasteiger charge is -2.38. The quantitative estimate of drug-likeness (QED) is 0.626. The maximum atomic E-state index is 10.8. The molecule has 0 spiro atoms. The van der Waals surface area contributed by atoms with Crippen molar-refractivity contribution in [2.45, 2.75) is 38.4 Å². The molecule has 3 rings (SSSR count).